The predicted octanol–water partition coefficient (Wildman–Crippen LogP) is 4.18. The molecule has 0 bridgehead atoms. The quantitative estimate of drug-likeness (QED) is 0.604. The Morgan fingerprint density at radius 2 is 1.70 bits per heavy atom. The van der Waals surface area contributed by atoms with Crippen LogP contribution in [0.15, 0.2) is 0 Å². The molecular formula is C7H13Cl3. The van der Waals surface area contributed by atoms with Gasteiger partial charge in [0.2, 0.25) is 0 Å². The minimum absolute atomic E-state index is 0.663. The number of hydrogen-bond acceptors (Lipinski definition) is 0. The van der Waals surface area contributed by atoms with Crippen molar-refractivity contribution < 1.29 is 0 Å². The largest absolute Gasteiger partial charge is 0.190 e. The van der Waals surface area contributed by atoms with E-state index < -0.39 is 3.79 Å². The molecule has 62 valence electrons. The third-order valence-corrected chi connectivity index (χ3v) is 1.81. The van der Waals surface area contributed by atoms with Crippen molar-refractivity contribution in [3.05, 3.63) is 0 Å². The van der Waals surface area contributed by atoms with Crippen LogP contribution in [0.1, 0.15) is 33.1 Å². The standard InChI is InChI=1S/C7H13Cl3/c1-6(2)4-3-5-7(8,9)10/h6H,3-5H2,1-2H3. The summed E-state index contributed by atoms with van der Waals surface area (Å²) in [5.74, 6) is 0.701. The van der Waals surface area contributed by atoms with E-state index in [0.29, 0.717) is 12.3 Å². The molecule has 0 fully saturated rings. The van der Waals surface area contributed by atoms with E-state index in [-0.39, 0.29) is 0 Å². The van der Waals surface area contributed by atoms with Crippen LogP contribution >= 0.6 is 34.8 Å². The Bertz CT molecular complexity index is 83.3. The summed E-state index contributed by atoms with van der Waals surface area (Å²) in [7, 11) is 0. The fourth-order valence-corrected chi connectivity index (χ4v) is 1.11. The van der Waals surface area contributed by atoms with E-state index in [2.05, 4.69) is 13.8 Å². The second kappa shape index (κ2) is 4.69. The summed E-state index contributed by atoms with van der Waals surface area (Å²) in [5.41, 5.74) is 0. The van der Waals surface area contributed by atoms with Gasteiger partial charge in [-0.2, -0.15) is 0 Å². The summed E-state index contributed by atoms with van der Waals surface area (Å²) in [6, 6.07) is 0. The lowest BCUT2D eigenvalue weighted by Crippen LogP contribution is -2.02. The smallest absolute Gasteiger partial charge is 0.0837 e. The van der Waals surface area contributed by atoms with Gasteiger partial charge in [0, 0.05) is 0 Å². The van der Waals surface area contributed by atoms with E-state index in [4.69, 9.17) is 34.8 Å². The molecular weight excluding hydrogens is 190 g/mol. The first-order valence-electron chi connectivity index (χ1n) is 3.48. The SMILES string of the molecule is CC(C)CCCC(Cl)(Cl)Cl. The average Bonchev–Trinajstić information content (AvgIpc) is 1.59. The maximum Gasteiger partial charge on any atom is 0.190 e. The summed E-state index contributed by atoms with van der Waals surface area (Å²) in [4.78, 5) is 0. The van der Waals surface area contributed by atoms with Gasteiger partial charge in [-0.25, -0.2) is 0 Å². The zero-order chi connectivity index (χ0) is 8.20. The van der Waals surface area contributed by atoms with Crippen LogP contribution in [0.4, 0.5) is 0 Å². The zero-order valence-corrected chi connectivity index (χ0v) is 8.60. The third kappa shape index (κ3) is 8.87. The highest BCUT2D eigenvalue weighted by Gasteiger charge is 2.18. The Kier molecular flexibility index (Phi) is 5.10. The molecule has 0 radical (unpaired) electrons. The maximum atomic E-state index is 5.55. The lowest BCUT2D eigenvalue weighted by atomic mass is 10.1. The Hall–Kier alpha value is 0.870. The molecule has 3 heteroatoms. The van der Waals surface area contributed by atoms with Crippen LogP contribution in [0.2, 0.25) is 0 Å². The monoisotopic (exact) mass is 202 g/mol. The van der Waals surface area contributed by atoms with Crippen LogP contribution in [0.5, 0.6) is 0 Å². The van der Waals surface area contributed by atoms with Crippen LogP contribution < -0.4 is 0 Å². The molecule has 0 aliphatic heterocycles. The topological polar surface area (TPSA) is 0 Å². The van der Waals surface area contributed by atoms with Gasteiger partial charge in [-0.05, 0) is 18.8 Å². The van der Waals surface area contributed by atoms with Crippen molar-refractivity contribution in [1.29, 1.82) is 0 Å². The van der Waals surface area contributed by atoms with Crippen LogP contribution in [0.25, 0.3) is 0 Å². The molecule has 0 saturated carbocycles. The van der Waals surface area contributed by atoms with Crippen molar-refractivity contribution in [3.8, 4) is 0 Å². The van der Waals surface area contributed by atoms with Gasteiger partial charge in [0.05, 0.1) is 0 Å². The Morgan fingerprint density at radius 1 is 1.20 bits per heavy atom. The van der Waals surface area contributed by atoms with Crippen LogP contribution in [0, 0.1) is 5.92 Å². The van der Waals surface area contributed by atoms with Gasteiger partial charge in [-0.1, -0.05) is 55.1 Å². The van der Waals surface area contributed by atoms with Gasteiger partial charge in [0.1, 0.15) is 0 Å². The van der Waals surface area contributed by atoms with Gasteiger partial charge < -0.3 is 0 Å². The summed E-state index contributed by atoms with van der Waals surface area (Å²) < 4.78 is -1.05. The first-order valence-corrected chi connectivity index (χ1v) is 4.62. The lowest BCUT2D eigenvalue weighted by molar-refractivity contribution is 0.541. The molecule has 0 aromatic heterocycles. The number of halogens is 3. The van der Waals surface area contributed by atoms with E-state index in [1.807, 2.05) is 0 Å². The molecule has 0 atom stereocenters. The molecule has 0 aromatic rings. The number of alkyl halides is 3. The average molecular weight is 204 g/mol. The van der Waals surface area contributed by atoms with Crippen LogP contribution in [0.3, 0.4) is 0 Å². The number of rotatable bonds is 3. The molecule has 0 rings (SSSR count). The Morgan fingerprint density at radius 3 is 2.00 bits per heavy atom. The van der Waals surface area contributed by atoms with Crippen LogP contribution in [-0.4, -0.2) is 3.79 Å². The molecule has 0 unspecified atom stereocenters. The lowest BCUT2D eigenvalue weighted by Gasteiger charge is -2.10. The van der Waals surface area contributed by atoms with E-state index in [0.717, 1.165) is 12.8 Å². The first-order chi connectivity index (χ1) is 4.42. The van der Waals surface area contributed by atoms with E-state index in [9.17, 15) is 0 Å². The van der Waals surface area contributed by atoms with E-state index in [1.54, 1.807) is 0 Å². The molecule has 0 aliphatic carbocycles. The zero-order valence-electron chi connectivity index (χ0n) is 6.33. The Labute approximate surface area is 77.8 Å². The molecule has 0 aliphatic rings. The van der Waals surface area contributed by atoms with Crippen molar-refractivity contribution in [2.45, 2.75) is 36.9 Å². The minimum atomic E-state index is -1.05. The molecule has 0 aromatic carbocycles. The first kappa shape index (κ1) is 10.9. The highest BCUT2D eigenvalue weighted by molar-refractivity contribution is 6.67. The fourth-order valence-electron chi connectivity index (χ4n) is 0.711. The molecule has 0 nitrogen and oxygen atoms in total. The molecule has 0 heterocycles. The second-order valence-corrected chi connectivity index (χ2v) is 5.42. The molecule has 0 amide bonds. The van der Waals surface area contributed by atoms with E-state index in [1.165, 1.54) is 0 Å². The highest BCUT2D eigenvalue weighted by Crippen LogP contribution is 2.32. The summed E-state index contributed by atoms with van der Waals surface area (Å²) in [6.07, 6.45) is 2.79. The second-order valence-electron chi connectivity index (χ2n) is 2.90. The van der Waals surface area contributed by atoms with Gasteiger partial charge >= 0.3 is 0 Å². The van der Waals surface area contributed by atoms with Gasteiger partial charge in [0.25, 0.3) is 0 Å². The molecule has 10 heavy (non-hydrogen) atoms. The maximum absolute atomic E-state index is 5.55. The summed E-state index contributed by atoms with van der Waals surface area (Å²) in [5, 5.41) is 0. The summed E-state index contributed by atoms with van der Waals surface area (Å²) in [6.45, 7) is 4.33. The number of hydrogen-bond donors (Lipinski definition) is 0. The summed E-state index contributed by atoms with van der Waals surface area (Å²) >= 11 is 16.6. The van der Waals surface area contributed by atoms with E-state index >= 15 is 0 Å². The van der Waals surface area contributed by atoms with Gasteiger partial charge in [0.15, 0.2) is 3.79 Å². The fraction of sp³-hybridized carbons (Fsp3) is 1.00. The highest BCUT2D eigenvalue weighted by atomic mass is 35.6. The van der Waals surface area contributed by atoms with Crippen molar-refractivity contribution in [2.75, 3.05) is 0 Å². The molecule has 0 N–H and O–H groups in total. The normalized spacial score (nSPS) is 12.6. The van der Waals surface area contributed by atoms with Gasteiger partial charge in [-0.3, -0.25) is 0 Å². The Balaban J connectivity index is 3.21. The van der Waals surface area contributed by atoms with Crippen LogP contribution in [-0.2, 0) is 0 Å². The van der Waals surface area contributed by atoms with Crippen molar-refractivity contribution in [2.24, 2.45) is 5.92 Å². The van der Waals surface area contributed by atoms with Crippen molar-refractivity contribution in [3.63, 3.8) is 0 Å². The predicted molar refractivity (Wildman–Crippen MR) is 49.0 cm³/mol. The van der Waals surface area contributed by atoms with Crippen molar-refractivity contribution in [1.82, 2.24) is 0 Å². The van der Waals surface area contributed by atoms with Gasteiger partial charge in [-0.15, -0.1) is 0 Å². The molecule has 0 spiro atoms. The third-order valence-electron chi connectivity index (χ3n) is 1.24. The minimum Gasteiger partial charge on any atom is -0.0837 e. The van der Waals surface area contributed by atoms with Crippen molar-refractivity contribution >= 4 is 34.8 Å². The molecule has 0 saturated heterocycles.